The van der Waals surface area contributed by atoms with Gasteiger partial charge in [0.25, 0.3) is 0 Å². The normalized spacial score (nSPS) is 15.8. The van der Waals surface area contributed by atoms with Gasteiger partial charge in [-0.2, -0.15) is 5.21 Å². The van der Waals surface area contributed by atoms with Gasteiger partial charge in [-0.15, -0.1) is 10.2 Å². The Morgan fingerprint density at radius 3 is 3.10 bits per heavy atom. The molecule has 50 valence electrons. The van der Waals surface area contributed by atoms with Crippen molar-refractivity contribution in [2.24, 2.45) is 0 Å². The fourth-order valence-electron chi connectivity index (χ4n) is 0.911. The molecule has 0 saturated heterocycles. The fraction of sp³-hybridized carbons (Fsp3) is 0.167. The zero-order valence-electron chi connectivity index (χ0n) is 5.28. The molecule has 4 heteroatoms. The summed E-state index contributed by atoms with van der Waals surface area (Å²) in [4.78, 5) is 0. The molecule has 0 atom stereocenters. The smallest absolute Gasteiger partial charge is 0.177 e. The molecule has 1 aliphatic carbocycles. The van der Waals surface area contributed by atoms with Gasteiger partial charge in [0.15, 0.2) is 0 Å². The number of nitrogens with one attached hydrogen (secondary N) is 1. The van der Waals surface area contributed by atoms with Crippen molar-refractivity contribution >= 4 is 5.57 Å². The number of aromatic amines is 1. The molecule has 2 rings (SSSR count). The molecule has 0 aromatic carbocycles. The Balaban J connectivity index is 2.30. The molecule has 1 N–H and O–H groups in total. The Bertz CT molecular complexity index is 270. The zero-order valence-corrected chi connectivity index (χ0v) is 5.28. The number of nitrogens with zero attached hydrogens (tertiary/aromatic N) is 3. The third kappa shape index (κ3) is 0.737. The van der Waals surface area contributed by atoms with Gasteiger partial charge in [-0.25, -0.2) is 0 Å². The van der Waals surface area contributed by atoms with Crippen molar-refractivity contribution in [2.45, 2.75) is 6.42 Å². The summed E-state index contributed by atoms with van der Waals surface area (Å²) in [5.74, 6) is 0.699. The molecule has 4 nitrogen and oxygen atoms in total. The first kappa shape index (κ1) is 5.34. The van der Waals surface area contributed by atoms with Gasteiger partial charge in [-0.3, -0.25) is 0 Å². The van der Waals surface area contributed by atoms with Crippen LogP contribution in [0.25, 0.3) is 5.57 Å². The van der Waals surface area contributed by atoms with Gasteiger partial charge in [0.2, 0.25) is 5.82 Å². The molecular weight excluding hydrogens is 128 g/mol. The second kappa shape index (κ2) is 2.06. The zero-order chi connectivity index (χ0) is 6.81. The highest BCUT2D eigenvalue weighted by molar-refractivity contribution is 5.65. The van der Waals surface area contributed by atoms with Crippen molar-refractivity contribution < 1.29 is 0 Å². The Morgan fingerprint density at radius 1 is 1.50 bits per heavy atom. The van der Waals surface area contributed by atoms with E-state index in [1.54, 1.807) is 0 Å². The van der Waals surface area contributed by atoms with Gasteiger partial charge in [0, 0.05) is 5.57 Å². The van der Waals surface area contributed by atoms with Crippen LogP contribution in [0.4, 0.5) is 0 Å². The van der Waals surface area contributed by atoms with Crippen molar-refractivity contribution in [3.05, 3.63) is 24.1 Å². The average molecular weight is 134 g/mol. The summed E-state index contributed by atoms with van der Waals surface area (Å²) >= 11 is 0. The molecule has 10 heavy (non-hydrogen) atoms. The lowest BCUT2D eigenvalue weighted by Crippen LogP contribution is -1.83. The summed E-state index contributed by atoms with van der Waals surface area (Å²) in [5, 5.41) is 13.6. The minimum absolute atomic E-state index is 0.699. The number of H-pyrrole nitrogens is 1. The van der Waals surface area contributed by atoms with Crippen LogP contribution in [0.5, 0.6) is 0 Å². The third-order valence-electron chi connectivity index (χ3n) is 1.40. The van der Waals surface area contributed by atoms with Gasteiger partial charge in [0.1, 0.15) is 0 Å². The number of aromatic nitrogens is 4. The van der Waals surface area contributed by atoms with E-state index in [0.717, 1.165) is 12.0 Å². The molecule has 1 aromatic heterocycles. The quantitative estimate of drug-likeness (QED) is 0.610. The molecule has 1 aromatic rings. The van der Waals surface area contributed by atoms with Gasteiger partial charge in [0.05, 0.1) is 0 Å². The number of tetrazole rings is 1. The molecule has 0 fully saturated rings. The van der Waals surface area contributed by atoms with Crippen LogP contribution in [-0.4, -0.2) is 20.6 Å². The maximum absolute atomic E-state index is 3.84. The summed E-state index contributed by atoms with van der Waals surface area (Å²) in [6.07, 6.45) is 6.96. The molecule has 0 spiro atoms. The third-order valence-corrected chi connectivity index (χ3v) is 1.40. The van der Waals surface area contributed by atoms with Crippen LogP contribution < -0.4 is 0 Å². The first-order valence-corrected chi connectivity index (χ1v) is 3.06. The van der Waals surface area contributed by atoms with Gasteiger partial charge < -0.3 is 0 Å². The first-order chi connectivity index (χ1) is 4.97. The van der Waals surface area contributed by atoms with Crippen LogP contribution in [0, 0.1) is 0 Å². The molecule has 0 bridgehead atoms. The van der Waals surface area contributed by atoms with E-state index in [2.05, 4.69) is 26.7 Å². The lowest BCUT2D eigenvalue weighted by molar-refractivity contribution is 0.881. The number of rotatable bonds is 1. The standard InChI is InChI=1S/C6H6N4/c1-2-4-5(3-1)6-7-9-10-8-6/h1-3H,4H2,(H,7,8,9,10). The predicted octanol–water partition coefficient (Wildman–Crippen LogP) is 0.543. The number of hydrogen-bond acceptors (Lipinski definition) is 3. The lowest BCUT2D eigenvalue weighted by atomic mass is 10.2. The largest absolute Gasteiger partial charge is 0.200 e. The number of hydrogen-bond donors (Lipinski definition) is 1. The second-order valence-electron chi connectivity index (χ2n) is 2.06. The molecule has 0 unspecified atom stereocenters. The van der Waals surface area contributed by atoms with Crippen LogP contribution >= 0.6 is 0 Å². The summed E-state index contributed by atoms with van der Waals surface area (Å²) in [7, 11) is 0. The maximum atomic E-state index is 3.84. The summed E-state index contributed by atoms with van der Waals surface area (Å²) in [6, 6.07) is 0. The van der Waals surface area contributed by atoms with Crippen LogP contribution in [0.2, 0.25) is 0 Å². The highest BCUT2D eigenvalue weighted by Gasteiger charge is 2.05. The highest BCUT2D eigenvalue weighted by Crippen LogP contribution is 2.17. The lowest BCUT2D eigenvalue weighted by Gasteiger charge is -1.88. The second-order valence-corrected chi connectivity index (χ2v) is 2.06. The van der Waals surface area contributed by atoms with E-state index >= 15 is 0 Å². The topological polar surface area (TPSA) is 54.5 Å². The minimum atomic E-state index is 0.699. The van der Waals surface area contributed by atoms with E-state index in [4.69, 9.17) is 0 Å². The van der Waals surface area contributed by atoms with E-state index in [9.17, 15) is 0 Å². The van der Waals surface area contributed by atoms with E-state index < -0.39 is 0 Å². The molecule has 0 radical (unpaired) electrons. The Kier molecular flexibility index (Phi) is 1.10. The van der Waals surface area contributed by atoms with Crippen molar-refractivity contribution in [2.75, 3.05) is 0 Å². The summed E-state index contributed by atoms with van der Waals surface area (Å²) < 4.78 is 0. The van der Waals surface area contributed by atoms with Crippen LogP contribution in [0.15, 0.2) is 18.2 Å². The van der Waals surface area contributed by atoms with E-state index in [0.29, 0.717) is 5.82 Å². The Hall–Kier alpha value is -1.45. The molecule has 1 heterocycles. The van der Waals surface area contributed by atoms with Crippen molar-refractivity contribution in [1.82, 2.24) is 20.6 Å². The van der Waals surface area contributed by atoms with Crippen molar-refractivity contribution in [1.29, 1.82) is 0 Å². The van der Waals surface area contributed by atoms with Crippen LogP contribution in [0.1, 0.15) is 12.2 Å². The fourth-order valence-corrected chi connectivity index (χ4v) is 0.911. The van der Waals surface area contributed by atoms with Crippen molar-refractivity contribution in [3.8, 4) is 0 Å². The molecule has 0 aliphatic heterocycles. The van der Waals surface area contributed by atoms with E-state index in [1.807, 2.05) is 12.2 Å². The SMILES string of the molecule is C1=CCC(c2nn[nH]n2)=C1. The van der Waals surface area contributed by atoms with Crippen LogP contribution in [0.3, 0.4) is 0 Å². The average Bonchev–Trinajstić information content (AvgIpc) is 2.59. The van der Waals surface area contributed by atoms with E-state index in [-0.39, 0.29) is 0 Å². The molecule has 1 aliphatic rings. The molecule has 0 amide bonds. The monoisotopic (exact) mass is 134 g/mol. The molecule has 0 saturated carbocycles. The summed E-state index contributed by atoms with van der Waals surface area (Å²) in [5.41, 5.74) is 1.12. The number of allylic oxidation sites excluding steroid dienone is 4. The highest BCUT2D eigenvalue weighted by atomic mass is 15.5. The minimum Gasteiger partial charge on any atom is -0.177 e. The van der Waals surface area contributed by atoms with Gasteiger partial charge >= 0.3 is 0 Å². The van der Waals surface area contributed by atoms with E-state index in [1.165, 1.54) is 0 Å². The van der Waals surface area contributed by atoms with Gasteiger partial charge in [-0.05, 0) is 11.6 Å². The van der Waals surface area contributed by atoms with Gasteiger partial charge in [-0.1, -0.05) is 18.2 Å². The Labute approximate surface area is 57.6 Å². The maximum Gasteiger partial charge on any atom is 0.200 e. The van der Waals surface area contributed by atoms with Crippen molar-refractivity contribution in [3.63, 3.8) is 0 Å². The first-order valence-electron chi connectivity index (χ1n) is 3.06. The Morgan fingerprint density at radius 2 is 2.50 bits per heavy atom. The summed E-state index contributed by atoms with van der Waals surface area (Å²) in [6.45, 7) is 0. The molecular formula is C6H6N4. The van der Waals surface area contributed by atoms with Crippen LogP contribution in [-0.2, 0) is 0 Å². The predicted molar refractivity (Wildman–Crippen MR) is 35.9 cm³/mol.